The zero-order valence-electron chi connectivity index (χ0n) is 14.7. The molecule has 2 amide bonds. The standard InChI is InChI=1S/C17H28N4O2/c1-13(2)19-16(22)10-18-17(23)12-21(5)11-14-6-8-15(9-7-14)20(3)4/h6-9,13H,10-12H2,1-5H3,(H,18,23)(H,19,22). The van der Waals surface area contributed by atoms with Gasteiger partial charge in [0.1, 0.15) is 0 Å². The third-order valence-corrected chi connectivity index (χ3v) is 3.21. The molecule has 0 spiro atoms. The van der Waals surface area contributed by atoms with Crippen molar-refractivity contribution in [3.05, 3.63) is 29.8 Å². The molecule has 2 N–H and O–H groups in total. The Morgan fingerprint density at radius 1 is 1.04 bits per heavy atom. The largest absolute Gasteiger partial charge is 0.378 e. The first kappa shape index (κ1) is 19.0. The van der Waals surface area contributed by atoms with Gasteiger partial charge in [-0.3, -0.25) is 14.5 Å². The van der Waals surface area contributed by atoms with E-state index in [0.29, 0.717) is 6.54 Å². The maximum absolute atomic E-state index is 11.8. The summed E-state index contributed by atoms with van der Waals surface area (Å²) in [4.78, 5) is 27.3. The number of anilines is 1. The van der Waals surface area contributed by atoms with Crippen LogP contribution in [0.1, 0.15) is 19.4 Å². The van der Waals surface area contributed by atoms with Crippen LogP contribution in [0.25, 0.3) is 0 Å². The summed E-state index contributed by atoms with van der Waals surface area (Å²) in [5.74, 6) is -0.327. The first-order valence-corrected chi connectivity index (χ1v) is 7.78. The number of carbonyl (C=O) groups excluding carboxylic acids is 2. The van der Waals surface area contributed by atoms with Crippen LogP contribution in [-0.4, -0.2) is 57.0 Å². The summed E-state index contributed by atoms with van der Waals surface area (Å²) < 4.78 is 0. The van der Waals surface area contributed by atoms with Crippen molar-refractivity contribution in [1.82, 2.24) is 15.5 Å². The van der Waals surface area contributed by atoms with E-state index in [-0.39, 0.29) is 30.9 Å². The van der Waals surface area contributed by atoms with E-state index in [1.807, 2.05) is 44.8 Å². The Labute approximate surface area is 138 Å². The molecule has 1 aromatic carbocycles. The second-order valence-corrected chi connectivity index (χ2v) is 6.23. The van der Waals surface area contributed by atoms with Gasteiger partial charge in [-0.2, -0.15) is 0 Å². The Balaban J connectivity index is 2.36. The third-order valence-electron chi connectivity index (χ3n) is 3.21. The van der Waals surface area contributed by atoms with Crippen LogP contribution in [0.5, 0.6) is 0 Å². The monoisotopic (exact) mass is 320 g/mol. The van der Waals surface area contributed by atoms with Gasteiger partial charge in [-0.15, -0.1) is 0 Å². The quantitative estimate of drug-likeness (QED) is 0.744. The summed E-state index contributed by atoms with van der Waals surface area (Å²) in [6, 6.07) is 8.30. The van der Waals surface area contributed by atoms with Gasteiger partial charge in [0.15, 0.2) is 0 Å². The number of nitrogens with one attached hydrogen (secondary N) is 2. The van der Waals surface area contributed by atoms with Gasteiger partial charge >= 0.3 is 0 Å². The summed E-state index contributed by atoms with van der Waals surface area (Å²) in [6.07, 6.45) is 0. The average molecular weight is 320 g/mol. The fourth-order valence-corrected chi connectivity index (χ4v) is 2.12. The number of amides is 2. The van der Waals surface area contributed by atoms with Crippen LogP contribution in [0.4, 0.5) is 5.69 Å². The fraction of sp³-hybridized carbons (Fsp3) is 0.529. The summed E-state index contributed by atoms with van der Waals surface area (Å²) in [7, 11) is 5.88. The highest BCUT2D eigenvalue weighted by molar-refractivity contribution is 5.85. The average Bonchev–Trinajstić information content (AvgIpc) is 2.44. The van der Waals surface area contributed by atoms with E-state index in [2.05, 4.69) is 34.9 Å². The Kier molecular flexibility index (Phi) is 7.54. The van der Waals surface area contributed by atoms with Gasteiger partial charge in [-0.25, -0.2) is 0 Å². The van der Waals surface area contributed by atoms with Crippen LogP contribution in [0, 0.1) is 0 Å². The second kappa shape index (κ2) is 9.15. The van der Waals surface area contributed by atoms with E-state index in [0.717, 1.165) is 11.3 Å². The molecule has 0 atom stereocenters. The fourth-order valence-electron chi connectivity index (χ4n) is 2.12. The molecule has 0 heterocycles. The number of nitrogens with zero attached hydrogens (tertiary/aromatic N) is 2. The molecule has 0 fully saturated rings. The minimum Gasteiger partial charge on any atom is -0.378 e. The summed E-state index contributed by atoms with van der Waals surface area (Å²) in [5, 5.41) is 5.36. The molecule has 0 aliphatic heterocycles. The van der Waals surface area contributed by atoms with Gasteiger partial charge in [0.25, 0.3) is 0 Å². The summed E-state index contributed by atoms with van der Waals surface area (Å²) >= 11 is 0. The van der Waals surface area contributed by atoms with E-state index in [9.17, 15) is 9.59 Å². The summed E-state index contributed by atoms with van der Waals surface area (Å²) in [6.45, 7) is 4.72. The van der Waals surface area contributed by atoms with Crippen molar-refractivity contribution in [2.24, 2.45) is 0 Å². The van der Waals surface area contributed by atoms with Crippen molar-refractivity contribution >= 4 is 17.5 Å². The van der Waals surface area contributed by atoms with E-state index >= 15 is 0 Å². The number of carbonyl (C=O) groups is 2. The molecule has 0 aromatic heterocycles. The molecule has 128 valence electrons. The van der Waals surface area contributed by atoms with Crippen LogP contribution in [0.15, 0.2) is 24.3 Å². The Hall–Kier alpha value is -2.08. The van der Waals surface area contributed by atoms with Crippen molar-refractivity contribution < 1.29 is 9.59 Å². The van der Waals surface area contributed by atoms with Gasteiger partial charge < -0.3 is 15.5 Å². The minimum absolute atomic E-state index is 0.0163. The third kappa shape index (κ3) is 7.65. The molecule has 0 saturated carbocycles. The van der Waals surface area contributed by atoms with Crippen molar-refractivity contribution in [1.29, 1.82) is 0 Å². The normalized spacial score (nSPS) is 10.7. The zero-order chi connectivity index (χ0) is 17.4. The first-order chi connectivity index (χ1) is 10.8. The highest BCUT2D eigenvalue weighted by atomic mass is 16.2. The van der Waals surface area contributed by atoms with Crippen molar-refractivity contribution in [2.45, 2.75) is 26.4 Å². The molecule has 0 radical (unpaired) electrons. The highest BCUT2D eigenvalue weighted by Gasteiger charge is 2.09. The van der Waals surface area contributed by atoms with Crippen molar-refractivity contribution in [3.63, 3.8) is 0 Å². The number of hydrogen-bond acceptors (Lipinski definition) is 4. The van der Waals surface area contributed by atoms with Crippen LogP contribution in [0.3, 0.4) is 0 Å². The molecule has 0 saturated heterocycles. The molecule has 0 aliphatic carbocycles. The van der Waals surface area contributed by atoms with Crippen LogP contribution in [-0.2, 0) is 16.1 Å². The van der Waals surface area contributed by atoms with Gasteiger partial charge in [0.2, 0.25) is 11.8 Å². The lowest BCUT2D eigenvalue weighted by molar-refractivity contribution is -0.126. The number of likely N-dealkylation sites (N-methyl/N-ethyl adjacent to an activating group) is 1. The minimum atomic E-state index is -0.171. The molecular weight excluding hydrogens is 292 g/mol. The molecule has 1 rings (SSSR count). The lowest BCUT2D eigenvalue weighted by atomic mass is 10.2. The molecule has 0 aliphatic rings. The first-order valence-electron chi connectivity index (χ1n) is 7.78. The van der Waals surface area contributed by atoms with Crippen LogP contribution >= 0.6 is 0 Å². The highest BCUT2D eigenvalue weighted by Crippen LogP contribution is 2.13. The van der Waals surface area contributed by atoms with Gasteiger partial charge in [0, 0.05) is 32.4 Å². The van der Waals surface area contributed by atoms with E-state index in [1.54, 1.807) is 0 Å². The molecular formula is C17H28N4O2. The number of rotatable bonds is 8. The maximum atomic E-state index is 11.8. The predicted molar refractivity (Wildman–Crippen MR) is 93.4 cm³/mol. The SMILES string of the molecule is CC(C)NC(=O)CNC(=O)CN(C)Cc1ccc(N(C)C)cc1. The van der Waals surface area contributed by atoms with Crippen molar-refractivity contribution in [2.75, 3.05) is 39.1 Å². The Bertz CT molecular complexity index is 512. The number of benzene rings is 1. The predicted octanol–water partition coefficient (Wildman–Crippen LogP) is 0.825. The van der Waals surface area contributed by atoms with Crippen LogP contribution in [0.2, 0.25) is 0 Å². The molecule has 6 nitrogen and oxygen atoms in total. The molecule has 0 unspecified atom stereocenters. The molecule has 23 heavy (non-hydrogen) atoms. The van der Waals surface area contributed by atoms with Crippen LogP contribution < -0.4 is 15.5 Å². The zero-order valence-corrected chi connectivity index (χ0v) is 14.7. The van der Waals surface area contributed by atoms with Gasteiger partial charge in [0.05, 0.1) is 13.1 Å². The van der Waals surface area contributed by atoms with E-state index < -0.39 is 0 Å². The van der Waals surface area contributed by atoms with E-state index in [1.165, 1.54) is 0 Å². The lowest BCUT2D eigenvalue weighted by Crippen LogP contribution is -2.42. The lowest BCUT2D eigenvalue weighted by Gasteiger charge is -2.18. The maximum Gasteiger partial charge on any atom is 0.239 e. The second-order valence-electron chi connectivity index (χ2n) is 6.23. The van der Waals surface area contributed by atoms with E-state index in [4.69, 9.17) is 0 Å². The Morgan fingerprint density at radius 2 is 1.65 bits per heavy atom. The Morgan fingerprint density at radius 3 is 2.17 bits per heavy atom. The van der Waals surface area contributed by atoms with Gasteiger partial charge in [-0.05, 0) is 38.6 Å². The van der Waals surface area contributed by atoms with Gasteiger partial charge in [-0.1, -0.05) is 12.1 Å². The molecule has 6 heteroatoms. The number of hydrogen-bond donors (Lipinski definition) is 2. The molecule has 1 aromatic rings. The summed E-state index contributed by atoms with van der Waals surface area (Å²) in [5.41, 5.74) is 2.29. The smallest absolute Gasteiger partial charge is 0.239 e. The van der Waals surface area contributed by atoms with Crippen molar-refractivity contribution in [3.8, 4) is 0 Å². The topological polar surface area (TPSA) is 64.7 Å². The molecule has 0 bridgehead atoms.